The molecule has 0 aliphatic heterocycles. The number of carbonyl (C=O) groups is 3. The number of benzene rings is 1. The summed E-state index contributed by atoms with van der Waals surface area (Å²) in [5.74, 6) is -7.84. The summed E-state index contributed by atoms with van der Waals surface area (Å²) in [5.41, 5.74) is 3.86. The van der Waals surface area contributed by atoms with Crippen LogP contribution in [0.1, 0.15) is 23.1 Å². The average Bonchev–Trinajstić information content (AvgIpc) is 2.97. The molecule has 4 rings (SSSR count). The zero-order chi connectivity index (χ0) is 32.7. The Hall–Kier alpha value is -2.95. The smallest absolute Gasteiger partial charge is 0.230 e. The van der Waals surface area contributed by atoms with Crippen molar-refractivity contribution in [1.29, 1.82) is 0 Å². The lowest BCUT2D eigenvalue weighted by molar-refractivity contribution is -0.184. The molecule has 14 heteroatoms. The Labute approximate surface area is 255 Å². The van der Waals surface area contributed by atoms with E-state index in [9.17, 15) is 34.8 Å². The van der Waals surface area contributed by atoms with Gasteiger partial charge in [-0.15, -0.1) is 0 Å². The highest BCUT2D eigenvalue weighted by atomic mass is 16.7. The molecule has 0 aromatic heterocycles. The minimum atomic E-state index is -2.71. The van der Waals surface area contributed by atoms with Crippen LogP contribution in [-0.4, -0.2) is 134 Å². The number of ether oxygens (including phenoxy) is 4. The molecule has 244 valence electrons. The first kappa shape index (κ1) is 33.9. The number of aliphatic hydroxyl groups is 3. The molecule has 2 fully saturated rings. The lowest BCUT2D eigenvalue weighted by atomic mass is 9.54. The monoisotopic (exact) mass is 621 g/mol. The number of ketones is 2. The number of primary amides is 1. The van der Waals surface area contributed by atoms with E-state index in [1.165, 1.54) is 34.5 Å². The predicted octanol–water partition coefficient (Wildman–Crippen LogP) is -0.831. The zero-order valence-corrected chi connectivity index (χ0v) is 25.9. The highest BCUT2D eigenvalue weighted by Crippen LogP contribution is 2.52. The van der Waals surface area contributed by atoms with Crippen LogP contribution < -0.4 is 5.73 Å². The Kier molecular flexibility index (Phi) is 10.2. The fraction of sp³-hybridized carbons (Fsp3) is 0.633. The number of Topliss-reactive ketones (excluding diaryl/α,β-unsaturated/α-hetero) is 2. The maximum absolute atomic E-state index is 14.1. The predicted molar refractivity (Wildman–Crippen MR) is 155 cm³/mol. The van der Waals surface area contributed by atoms with Crippen LogP contribution in [0.15, 0.2) is 17.7 Å². The summed E-state index contributed by atoms with van der Waals surface area (Å²) in [5, 5.41) is 45.3. The standard InChI is InChI=1S/C30H43N3O11/c1-32(2)24-17-10-15-9-16-14(11-33(12-19(41-3)42-4)13-20(43-5)44-6)7-8-18(34)22(16)25(35)21(15)27(37)30(17,40)28(38)23(26(24)36)29(31)39/h7-8,15,17,19-20,23-24,26,34-36,40H,9-13H2,1-6H3,(H2,31,39)/t15-,17-,23?,24?,26?,30-/m1/s1. The van der Waals surface area contributed by atoms with Gasteiger partial charge in [-0.1, -0.05) is 6.07 Å². The van der Waals surface area contributed by atoms with E-state index in [2.05, 4.69) is 0 Å². The second-order valence-corrected chi connectivity index (χ2v) is 11.9. The number of aromatic hydroxyl groups is 1. The van der Waals surface area contributed by atoms with Crippen LogP contribution >= 0.6 is 0 Å². The molecule has 6 atom stereocenters. The van der Waals surface area contributed by atoms with Crippen LogP contribution in [0.2, 0.25) is 0 Å². The maximum atomic E-state index is 14.1. The quantitative estimate of drug-likeness (QED) is 0.143. The molecule has 2 saturated carbocycles. The summed E-state index contributed by atoms with van der Waals surface area (Å²) >= 11 is 0. The van der Waals surface area contributed by atoms with Crippen LogP contribution in [-0.2, 0) is 46.3 Å². The summed E-state index contributed by atoms with van der Waals surface area (Å²) in [6, 6.07) is 2.15. The van der Waals surface area contributed by atoms with Crippen molar-refractivity contribution in [2.45, 2.75) is 49.7 Å². The van der Waals surface area contributed by atoms with Gasteiger partial charge >= 0.3 is 0 Å². The molecular formula is C30H43N3O11. The van der Waals surface area contributed by atoms with Crippen molar-refractivity contribution in [1.82, 2.24) is 9.80 Å². The Morgan fingerprint density at radius 2 is 1.61 bits per heavy atom. The van der Waals surface area contributed by atoms with Gasteiger partial charge in [-0.2, -0.15) is 0 Å². The summed E-state index contributed by atoms with van der Waals surface area (Å²) in [6.45, 7) is 0.937. The average molecular weight is 622 g/mol. The number of methoxy groups -OCH3 is 4. The molecule has 44 heavy (non-hydrogen) atoms. The lowest BCUT2D eigenvalue weighted by Crippen LogP contribution is -2.73. The van der Waals surface area contributed by atoms with Crippen molar-refractivity contribution >= 4 is 23.2 Å². The molecule has 0 spiro atoms. The Bertz CT molecular complexity index is 1300. The van der Waals surface area contributed by atoms with E-state index in [-0.39, 0.29) is 29.7 Å². The largest absolute Gasteiger partial charge is 0.507 e. The summed E-state index contributed by atoms with van der Waals surface area (Å²) in [7, 11) is 9.29. The van der Waals surface area contributed by atoms with Gasteiger partial charge in [0.25, 0.3) is 0 Å². The first-order valence-corrected chi connectivity index (χ1v) is 14.3. The second-order valence-electron chi connectivity index (χ2n) is 11.9. The van der Waals surface area contributed by atoms with Gasteiger partial charge in [0.15, 0.2) is 24.0 Å². The first-order valence-electron chi connectivity index (χ1n) is 14.3. The number of carbonyl (C=O) groups excluding carboxylic acids is 3. The SMILES string of the molecule is COC(CN(Cc1ccc(O)c2c1C[C@@H]1C[C@@H]3C(N(C)C)C(O)C(C(N)=O)C(=O)[C@]3(O)C(=O)C1=C2O)CC(OC)OC)OC. The van der Waals surface area contributed by atoms with Gasteiger partial charge in [0, 0.05) is 52.5 Å². The maximum Gasteiger partial charge on any atom is 0.230 e. The molecule has 0 radical (unpaired) electrons. The fourth-order valence-corrected chi connectivity index (χ4v) is 7.17. The van der Waals surface area contributed by atoms with Gasteiger partial charge in [-0.25, -0.2) is 0 Å². The lowest BCUT2D eigenvalue weighted by Gasteiger charge is -2.53. The minimum absolute atomic E-state index is 0.0214. The molecule has 1 aromatic rings. The van der Waals surface area contributed by atoms with Crippen molar-refractivity contribution in [2.24, 2.45) is 23.5 Å². The highest BCUT2D eigenvalue weighted by molar-refractivity contribution is 6.25. The van der Waals surface area contributed by atoms with Crippen molar-refractivity contribution < 1.29 is 53.8 Å². The molecule has 1 aromatic carbocycles. The van der Waals surface area contributed by atoms with Crippen LogP contribution in [0.5, 0.6) is 5.75 Å². The van der Waals surface area contributed by atoms with Gasteiger partial charge in [0.1, 0.15) is 17.4 Å². The summed E-state index contributed by atoms with van der Waals surface area (Å²) in [6.07, 6.45) is -2.49. The number of nitrogens with two attached hydrogens (primary N) is 1. The molecule has 14 nitrogen and oxygen atoms in total. The third-order valence-corrected chi connectivity index (χ3v) is 9.33. The fourth-order valence-electron chi connectivity index (χ4n) is 7.17. The first-order chi connectivity index (χ1) is 20.8. The van der Waals surface area contributed by atoms with Crippen LogP contribution in [0, 0.1) is 17.8 Å². The molecule has 0 saturated heterocycles. The molecule has 6 N–H and O–H groups in total. The number of fused-ring (bicyclic) bond motifs is 3. The van der Waals surface area contributed by atoms with E-state index in [1.807, 2.05) is 4.90 Å². The van der Waals surface area contributed by atoms with Crippen LogP contribution in [0.3, 0.4) is 0 Å². The number of nitrogens with zero attached hydrogens (tertiary/aromatic N) is 2. The Morgan fingerprint density at radius 3 is 2.11 bits per heavy atom. The van der Waals surface area contributed by atoms with Crippen LogP contribution in [0.25, 0.3) is 5.76 Å². The number of hydrogen-bond donors (Lipinski definition) is 5. The number of aliphatic hydroxyl groups excluding tert-OH is 2. The highest BCUT2D eigenvalue weighted by Gasteiger charge is 2.67. The van der Waals surface area contributed by atoms with Crippen molar-refractivity contribution in [3.63, 3.8) is 0 Å². The third-order valence-electron chi connectivity index (χ3n) is 9.33. The number of phenolic OH excluding ortho intramolecular Hbond substituents is 1. The summed E-state index contributed by atoms with van der Waals surface area (Å²) < 4.78 is 21.6. The van der Waals surface area contributed by atoms with Crippen LogP contribution in [0.4, 0.5) is 0 Å². The third kappa shape index (κ3) is 5.65. The molecule has 3 unspecified atom stereocenters. The number of likely N-dealkylation sites (N-methyl/N-ethyl adjacent to an activating group) is 1. The van der Waals surface area contributed by atoms with Gasteiger partial charge in [-0.05, 0) is 50.0 Å². The second kappa shape index (κ2) is 13.2. The Balaban J connectivity index is 1.81. The minimum Gasteiger partial charge on any atom is -0.507 e. The van der Waals surface area contributed by atoms with Gasteiger partial charge < -0.3 is 50.0 Å². The van der Waals surface area contributed by atoms with E-state index >= 15 is 0 Å². The number of phenols is 1. The van der Waals surface area contributed by atoms with Crippen molar-refractivity contribution in [3.05, 3.63) is 34.4 Å². The normalized spacial score (nSPS) is 28.6. The van der Waals surface area contributed by atoms with Crippen molar-refractivity contribution in [2.75, 3.05) is 55.6 Å². The number of hydrogen-bond acceptors (Lipinski definition) is 13. The molecule has 1 amide bonds. The van der Waals surface area contributed by atoms with E-state index < -0.39 is 71.3 Å². The zero-order valence-electron chi connectivity index (χ0n) is 25.9. The van der Waals surface area contributed by atoms with E-state index in [0.29, 0.717) is 25.2 Å². The topological polar surface area (TPSA) is 202 Å². The molecule has 3 aliphatic carbocycles. The molecule has 0 bridgehead atoms. The van der Waals surface area contributed by atoms with Gasteiger partial charge in [0.05, 0.1) is 24.8 Å². The van der Waals surface area contributed by atoms with Gasteiger partial charge in [-0.3, -0.25) is 19.3 Å². The van der Waals surface area contributed by atoms with E-state index in [4.69, 9.17) is 24.7 Å². The Morgan fingerprint density at radius 1 is 1.05 bits per heavy atom. The molecule has 3 aliphatic rings. The number of rotatable bonds is 12. The van der Waals surface area contributed by atoms with E-state index in [1.54, 1.807) is 25.1 Å². The number of amides is 1. The van der Waals surface area contributed by atoms with Crippen molar-refractivity contribution in [3.8, 4) is 5.75 Å². The van der Waals surface area contributed by atoms with E-state index in [0.717, 1.165) is 5.56 Å². The molecule has 0 heterocycles. The summed E-state index contributed by atoms with van der Waals surface area (Å²) in [4.78, 5) is 43.3. The molecular weight excluding hydrogens is 578 g/mol. The van der Waals surface area contributed by atoms with Gasteiger partial charge in [0.2, 0.25) is 11.7 Å².